The fraction of sp³-hybridized carbons (Fsp3) is 0.400. The lowest BCUT2D eigenvalue weighted by atomic mass is 9.69. The van der Waals surface area contributed by atoms with Crippen molar-refractivity contribution in [3.05, 3.63) is 46.9 Å². The van der Waals surface area contributed by atoms with E-state index < -0.39 is 11.6 Å². The molecule has 3 atom stereocenters. The molecule has 0 spiro atoms. The van der Waals surface area contributed by atoms with Gasteiger partial charge < -0.3 is 20.2 Å². The number of nitrogens with zero attached hydrogens (tertiary/aromatic N) is 2. The van der Waals surface area contributed by atoms with Crippen LogP contribution < -0.4 is 0 Å². The summed E-state index contributed by atoms with van der Waals surface area (Å²) in [4.78, 5) is 18.3. The topological polar surface area (TPSA) is 88.9 Å². The number of aromatic nitrogens is 1. The molecule has 1 aromatic heterocycles. The number of carbonyl (C=O) groups excluding carboxylic acids is 1. The van der Waals surface area contributed by atoms with Crippen molar-refractivity contribution in [3.8, 4) is 0 Å². The minimum Gasteiger partial charge on any atom is -0.509 e. The molecule has 5 rings (SSSR count). The quantitative estimate of drug-likeness (QED) is 0.419. The van der Waals surface area contributed by atoms with Gasteiger partial charge in [-0.3, -0.25) is 4.79 Å². The molecule has 0 bridgehead atoms. The average Bonchev–Trinajstić information content (AvgIpc) is 3.22. The van der Waals surface area contributed by atoms with E-state index in [2.05, 4.69) is 42.2 Å². The minimum absolute atomic E-state index is 0.0154. The molecule has 2 aromatic rings. The Bertz CT molecular complexity index is 1030. The first-order chi connectivity index (χ1) is 12.4. The lowest BCUT2D eigenvalue weighted by Crippen LogP contribution is -2.47. The molecule has 0 saturated carbocycles. The summed E-state index contributed by atoms with van der Waals surface area (Å²) < 4.78 is 0. The molecule has 1 fully saturated rings. The van der Waals surface area contributed by atoms with E-state index in [1.807, 2.05) is 6.20 Å². The number of aromatic amines is 1. The molecule has 1 amide bonds. The number of oxime groups is 1. The van der Waals surface area contributed by atoms with Gasteiger partial charge in [-0.05, 0) is 50.3 Å². The van der Waals surface area contributed by atoms with Gasteiger partial charge in [-0.1, -0.05) is 17.3 Å². The third kappa shape index (κ3) is 1.58. The second kappa shape index (κ2) is 4.69. The maximum Gasteiger partial charge on any atom is 0.260 e. The minimum atomic E-state index is -0.422. The molecule has 1 aromatic carbocycles. The molecule has 3 aliphatic rings. The SMILES string of the molecule is C/C(=N\O)C1=C(O)[C@@H]2[C@H]3c4c[nH]c5cccc(c45)C[C@H]3C(C)(C)N2C1=O. The van der Waals surface area contributed by atoms with E-state index in [9.17, 15) is 9.90 Å². The molecule has 26 heavy (non-hydrogen) atoms. The van der Waals surface area contributed by atoms with Gasteiger partial charge in [-0.25, -0.2) is 0 Å². The van der Waals surface area contributed by atoms with E-state index in [0.29, 0.717) is 0 Å². The van der Waals surface area contributed by atoms with Crippen molar-refractivity contribution in [1.82, 2.24) is 9.88 Å². The van der Waals surface area contributed by atoms with E-state index in [4.69, 9.17) is 5.21 Å². The number of rotatable bonds is 1. The molecule has 2 aliphatic heterocycles. The van der Waals surface area contributed by atoms with Crippen LogP contribution in [0.2, 0.25) is 0 Å². The predicted molar refractivity (Wildman–Crippen MR) is 97.5 cm³/mol. The van der Waals surface area contributed by atoms with Crippen LogP contribution in [0.25, 0.3) is 10.9 Å². The second-order valence-electron chi connectivity index (χ2n) is 8.14. The lowest BCUT2D eigenvalue weighted by Gasteiger charge is -2.37. The summed E-state index contributed by atoms with van der Waals surface area (Å²) in [6, 6.07) is 5.86. The zero-order valence-electron chi connectivity index (χ0n) is 14.9. The monoisotopic (exact) mass is 351 g/mol. The fourth-order valence-corrected chi connectivity index (χ4v) is 5.53. The number of amides is 1. The maximum atomic E-state index is 13.1. The van der Waals surface area contributed by atoms with Crippen LogP contribution in [0.5, 0.6) is 0 Å². The van der Waals surface area contributed by atoms with Gasteiger partial charge in [0.1, 0.15) is 11.3 Å². The highest BCUT2D eigenvalue weighted by Crippen LogP contribution is 2.58. The van der Waals surface area contributed by atoms with E-state index in [1.54, 1.807) is 11.8 Å². The number of fused-ring (bicyclic) bond motifs is 4. The van der Waals surface area contributed by atoms with Gasteiger partial charge >= 0.3 is 0 Å². The third-order valence-corrected chi connectivity index (χ3v) is 6.68. The van der Waals surface area contributed by atoms with Crippen LogP contribution in [-0.4, -0.2) is 43.4 Å². The number of H-pyrrole nitrogens is 1. The molecular formula is C20H21N3O3. The van der Waals surface area contributed by atoms with Crippen molar-refractivity contribution in [3.63, 3.8) is 0 Å². The van der Waals surface area contributed by atoms with E-state index >= 15 is 0 Å². The standard InChI is InChI=1S/C20H21N3O3/c1-9(22-26)14-18(24)17-16-11-8-21-13-6-4-5-10(15(11)13)7-12(16)20(2,3)23(17)19(14)25/h4-6,8,12,16-17,21,24,26H,7H2,1-3H3/b22-9+/t12-,16+,17+/m1/s1. The second-order valence-corrected chi connectivity index (χ2v) is 8.14. The summed E-state index contributed by atoms with van der Waals surface area (Å²) in [5.41, 5.74) is 3.41. The average molecular weight is 351 g/mol. The largest absolute Gasteiger partial charge is 0.509 e. The van der Waals surface area contributed by atoms with Gasteiger partial charge in [0.05, 0.1) is 11.8 Å². The van der Waals surface area contributed by atoms with Crippen LogP contribution in [0.3, 0.4) is 0 Å². The number of hydrogen-bond acceptors (Lipinski definition) is 4. The highest BCUT2D eigenvalue weighted by Gasteiger charge is 2.62. The Morgan fingerprint density at radius 2 is 2.15 bits per heavy atom. The Hall–Kier alpha value is -2.76. The lowest BCUT2D eigenvalue weighted by molar-refractivity contribution is -0.130. The molecule has 134 valence electrons. The summed E-state index contributed by atoms with van der Waals surface area (Å²) in [6.45, 7) is 5.69. The number of nitrogens with one attached hydrogen (secondary N) is 1. The number of aliphatic hydroxyl groups excluding tert-OH is 1. The Morgan fingerprint density at radius 3 is 2.88 bits per heavy atom. The fourth-order valence-electron chi connectivity index (χ4n) is 5.53. The first kappa shape index (κ1) is 15.5. The predicted octanol–water partition coefficient (Wildman–Crippen LogP) is 3.09. The van der Waals surface area contributed by atoms with Crippen molar-refractivity contribution in [1.29, 1.82) is 0 Å². The van der Waals surface area contributed by atoms with Crippen molar-refractivity contribution in [2.75, 3.05) is 0 Å². The smallest absolute Gasteiger partial charge is 0.260 e. The van der Waals surface area contributed by atoms with Gasteiger partial charge in [0.2, 0.25) is 0 Å². The molecule has 0 unspecified atom stereocenters. The number of hydrogen-bond donors (Lipinski definition) is 3. The van der Waals surface area contributed by atoms with Crippen LogP contribution in [0.1, 0.15) is 37.8 Å². The van der Waals surface area contributed by atoms with Gasteiger partial charge in [0.25, 0.3) is 5.91 Å². The Balaban J connectivity index is 1.77. The summed E-state index contributed by atoms with van der Waals surface area (Å²) in [5.74, 6) is -0.000318. The van der Waals surface area contributed by atoms with Crippen LogP contribution >= 0.6 is 0 Å². The molecule has 1 aliphatic carbocycles. The normalized spacial score (nSPS) is 29.5. The van der Waals surface area contributed by atoms with Gasteiger partial charge in [0, 0.05) is 28.6 Å². The van der Waals surface area contributed by atoms with Crippen molar-refractivity contribution in [2.45, 2.75) is 44.7 Å². The van der Waals surface area contributed by atoms with Crippen LogP contribution in [0, 0.1) is 5.92 Å². The Kier molecular flexibility index (Phi) is 2.80. The highest BCUT2D eigenvalue weighted by atomic mass is 16.4. The Morgan fingerprint density at radius 1 is 1.38 bits per heavy atom. The zero-order valence-corrected chi connectivity index (χ0v) is 14.9. The molecular weight excluding hydrogens is 330 g/mol. The van der Waals surface area contributed by atoms with E-state index in [1.165, 1.54) is 10.9 Å². The number of benzene rings is 1. The van der Waals surface area contributed by atoms with Crippen LogP contribution in [0.15, 0.2) is 40.9 Å². The number of carbonyl (C=O) groups is 1. The summed E-state index contributed by atoms with van der Waals surface area (Å²) in [5, 5.41) is 24.5. The molecule has 6 heteroatoms. The van der Waals surface area contributed by atoms with E-state index in [0.717, 1.165) is 17.5 Å². The molecule has 0 radical (unpaired) electrons. The third-order valence-electron chi connectivity index (χ3n) is 6.68. The summed E-state index contributed by atoms with van der Waals surface area (Å²) >= 11 is 0. The zero-order chi connectivity index (χ0) is 18.4. The maximum absolute atomic E-state index is 13.1. The van der Waals surface area contributed by atoms with E-state index in [-0.39, 0.29) is 34.8 Å². The van der Waals surface area contributed by atoms with Gasteiger partial charge in [-0.2, -0.15) is 0 Å². The van der Waals surface area contributed by atoms with Crippen LogP contribution in [-0.2, 0) is 11.2 Å². The van der Waals surface area contributed by atoms with Gasteiger partial charge in [-0.15, -0.1) is 0 Å². The summed E-state index contributed by atoms with van der Waals surface area (Å²) in [7, 11) is 0. The molecule has 1 saturated heterocycles. The molecule has 3 N–H and O–H groups in total. The van der Waals surface area contributed by atoms with Crippen molar-refractivity contribution >= 4 is 22.5 Å². The van der Waals surface area contributed by atoms with Gasteiger partial charge in [0.15, 0.2) is 0 Å². The molecule has 6 nitrogen and oxygen atoms in total. The number of aliphatic hydroxyl groups is 1. The molecule has 3 heterocycles. The Labute approximate surface area is 150 Å². The van der Waals surface area contributed by atoms with Crippen molar-refractivity contribution in [2.24, 2.45) is 11.1 Å². The highest BCUT2D eigenvalue weighted by molar-refractivity contribution is 6.23. The first-order valence-corrected chi connectivity index (χ1v) is 8.92. The summed E-state index contributed by atoms with van der Waals surface area (Å²) in [6.07, 6.45) is 2.89. The first-order valence-electron chi connectivity index (χ1n) is 8.92. The van der Waals surface area contributed by atoms with Crippen LogP contribution in [0.4, 0.5) is 0 Å². The van der Waals surface area contributed by atoms with Crippen molar-refractivity contribution < 1.29 is 15.1 Å².